The number of thiophene rings is 1. The van der Waals surface area contributed by atoms with Crippen LogP contribution < -0.4 is 0 Å². The van der Waals surface area contributed by atoms with Gasteiger partial charge in [-0.05, 0) is 43.0 Å². The smallest absolute Gasteiger partial charge is 0.263 e. The van der Waals surface area contributed by atoms with Gasteiger partial charge in [-0.1, -0.05) is 12.1 Å². The highest BCUT2D eigenvalue weighted by Crippen LogP contribution is 2.25. The second-order valence-corrected chi connectivity index (χ2v) is 8.03. The maximum absolute atomic E-state index is 12.8. The number of para-hydroxylation sites is 2. The van der Waals surface area contributed by atoms with E-state index in [0.29, 0.717) is 12.5 Å². The van der Waals surface area contributed by atoms with Crippen molar-refractivity contribution >= 4 is 28.3 Å². The molecule has 26 heavy (non-hydrogen) atoms. The first-order chi connectivity index (χ1) is 12.7. The number of hydrogen-bond donors (Lipinski definition) is 1. The molecule has 3 aromatic rings. The lowest BCUT2D eigenvalue weighted by molar-refractivity contribution is 0.0677. The monoisotopic (exact) mass is 369 g/mol. The van der Waals surface area contributed by atoms with Gasteiger partial charge in [0.15, 0.2) is 0 Å². The van der Waals surface area contributed by atoms with Crippen LogP contribution in [-0.4, -0.2) is 41.0 Å². The first-order valence-corrected chi connectivity index (χ1v) is 9.85. The Labute approximate surface area is 157 Å². The van der Waals surface area contributed by atoms with Gasteiger partial charge < -0.3 is 14.6 Å². The fourth-order valence-corrected chi connectivity index (χ4v) is 4.61. The minimum atomic E-state index is 0.145. The number of aromatic nitrogens is 2. The van der Waals surface area contributed by atoms with E-state index in [4.69, 9.17) is 4.74 Å². The molecule has 0 bridgehead atoms. The molecule has 0 saturated carbocycles. The summed E-state index contributed by atoms with van der Waals surface area (Å²) in [6.07, 6.45) is 3.07. The van der Waals surface area contributed by atoms with E-state index < -0.39 is 0 Å². The normalized spacial score (nSPS) is 17.7. The summed E-state index contributed by atoms with van der Waals surface area (Å²) >= 11 is 1.53. The number of methoxy groups -OCH3 is 1. The van der Waals surface area contributed by atoms with E-state index in [2.05, 4.69) is 16.0 Å². The maximum atomic E-state index is 12.8. The van der Waals surface area contributed by atoms with Gasteiger partial charge in [-0.2, -0.15) is 0 Å². The van der Waals surface area contributed by atoms with Gasteiger partial charge in [-0.3, -0.25) is 4.79 Å². The number of nitrogens with one attached hydrogen (secondary N) is 1. The molecule has 1 saturated heterocycles. The summed E-state index contributed by atoms with van der Waals surface area (Å²) in [7, 11) is 1.68. The molecule has 3 heterocycles. The van der Waals surface area contributed by atoms with Gasteiger partial charge in [-0.25, -0.2) is 4.98 Å². The predicted octanol–water partition coefficient (Wildman–Crippen LogP) is 3.87. The number of carbonyl (C=O) groups excluding carboxylic acids is 1. The van der Waals surface area contributed by atoms with Crippen LogP contribution in [0.25, 0.3) is 11.0 Å². The van der Waals surface area contributed by atoms with Crippen LogP contribution in [0.2, 0.25) is 0 Å². The molecular weight excluding hydrogens is 346 g/mol. The number of carbonyl (C=O) groups is 1. The molecule has 1 amide bonds. The summed E-state index contributed by atoms with van der Waals surface area (Å²) < 4.78 is 5.15. The molecule has 6 heteroatoms. The van der Waals surface area contributed by atoms with E-state index in [1.807, 2.05) is 35.2 Å². The first-order valence-electron chi connectivity index (χ1n) is 9.03. The lowest BCUT2D eigenvalue weighted by atomic mass is 9.94. The van der Waals surface area contributed by atoms with Crippen LogP contribution in [0.15, 0.2) is 36.4 Å². The molecule has 136 valence electrons. The van der Waals surface area contributed by atoms with Crippen molar-refractivity contribution in [2.75, 3.05) is 20.2 Å². The highest BCUT2D eigenvalue weighted by atomic mass is 32.1. The van der Waals surface area contributed by atoms with E-state index in [1.165, 1.54) is 11.3 Å². The molecule has 4 rings (SSSR count). The molecule has 0 radical (unpaired) electrons. The van der Waals surface area contributed by atoms with Crippen LogP contribution in [0.3, 0.4) is 0 Å². The number of hydrogen-bond acceptors (Lipinski definition) is 4. The summed E-state index contributed by atoms with van der Waals surface area (Å²) in [6, 6.07) is 12.0. The maximum Gasteiger partial charge on any atom is 0.263 e. The van der Waals surface area contributed by atoms with Crippen LogP contribution in [0.5, 0.6) is 0 Å². The van der Waals surface area contributed by atoms with E-state index in [9.17, 15) is 4.79 Å². The van der Waals surface area contributed by atoms with Crippen LogP contribution in [0, 0.1) is 5.92 Å². The number of likely N-dealkylation sites (tertiary alicyclic amines) is 1. The molecule has 1 aliphatic heterocycles. The number of rotatable bonds is 5. The molecule has 5 nitrogen and oxygen atoms in total. The molecule has 1 aromatic carbocycles. The minimum Gasteiger partial charge on any atom is -0.379 e. The quantitative estimate of drug-likeness (QED) is 0.743. The van der Waals surface area contributed by atoms with Gasteiger partial charge >= 0.3 is 0 Å². The Hall–Kier alpha value is -2.18. The molecular formula is C20H23N3O2S. The third-order valence-electron chi connectivity index (χ3n) is 4.89. The standard InChI is InChI=1S/C20H23N3O2S/c1-25-13-15-8-9-18(26-15)20(24)23-10-4-5-14(12-23)11-19-21-16-6-2-3-7-17(16)22-19/h2-3,6-9,14H,4-5,10-13H2,1H3,(H,21,22). The van der Waals surface area contributed by atoms with E-state index in [0.717, 1.165) is 59.0 Å². The lowest BCUT2D eigenvalue weighted by Gasteiger charge is -2.32. The van der Waals surface area contributed by atoms with Crippen LogP contribution in [0.1, 0.15) is 33.2 Å². The fraction of sp³-hybridized carbons (Fsp3) is 0.400. The number of fused-ring (bicyclic) bond motifs is 1. The second kappa shape index (κ2) is 7.60. The summed E-state index contributed by atoms with van der Waals surface area (Å²) in [5.41, 5.74) is 2.09. The van der Waals surface area contributed by atoms with Crippen LogP contribution in [0.4, 0.5) is 0 Å². The number of benzene rings is 1. The fourth-order valence-electron chi connectivity index (χ4n) is 3.66. The van der Waals surface area contributed by atoms with Gasteiger partial charge in [0.25, 0.3) is 5.91 Å². The topological polar surface area (TPSA) is 58.2 Å². The summed E-state index contributed by atoms with van der Waals surface area (Å²) in [4.78, 5) is 24.8. The van der Waals surface area contributed by atoms with Crippen molar-refractivity contribution in [3.05, 3.63) is 52.0 Å². The molecule has 1 fully saturated rings. The molecule has 1 unspecified atom stereocenters. The Bertz CT molecular complexity index is 868. The Morgan fingerprint density at radius 2 is 2.23 bits per heavy atom. The third-order valence-corrected chi connectivity index (χ3v) is 5.93. The highest BCUT2D eigenvalue weighted by Gasteiger charge is 2.26. The third kappa shape index (κ3) is 3.66. The van der Waals surface area contributed by atoms with Crippen molar-refractivity contribution < 1.29 is 9.53 Å². The second-order valence-electron chi connectivity index (χ2n) is 6.86. The first kappa shape index (κ1) is 17.2. The number of nitrogens with zero attached hydrogens (tertiary/aromatic N) is 2. The molecule has 0 spiro atoms. The summed E-state index contributed by atoms with van der Waals surface area (Å²) in [5, 5.41) is 0. The molecule has 2 aromatic heterocycles. The Morgan fingerprint density at radius 1 is 1.35 bits per heavy atom. The zero-order valence-corrected chi connectivity index (χ0v) is 15.7. The van der Waals surface area contributed by atoms with Crippen LogP contribution in [-0.2, 0) is 17.8 Å². The number of ether oxygens (including phenoxy) is 1. The van der Waals surface area contributed by atoms with Crippen molar-refractivity contribution in [3.8, 4) is 0 Å². The summed E-state index contributed by atoms with van der Waals surface area (Å²) in [6.45, 7) is 2.20. The zero-order chi connectivity index (χ0) is 17.9. The van der Waals surface area contributed by atoms with Crippen molar-refractivity contribution in [2.45, 2.75) is 25.9 Å². The van der Waals surface area contributed by atoms with Gasteiger partial charge in [0.05, 0.1) is 22.5 Å². The van der Waals surface area contributed by atoms with Gasteiger partial charge in [0.2, 0.25) is 0 Å². The predicted molar refractivity (Wildman–Crippen MR) is 103 cm³/mol. The number of amides is 1. The Morgan fingerprint density at radius 3 is 3.08 bits per heavy atom. The Kier molecular flexibility index (Phi) is 5.04. The average Bonchev–Trinajstić information content (AvgIpc) is 3.28. The summed E-state index contributed by atoms with van der Waals surface area (Å²) in [5.74, 6) is 1.61. The van der Waals surface area contributed by atoms with Crippen molar-refractivity contribution in [2.24, 2.45) is 5.92 Å². The number of imidazole rings is 1. The molecule has 1 N–H and O–H groups in total. The zero-order valence-electron chi connectivity index (χ0n) is 14.9. The molecule has 1 atom stereocenters. The molecule has 0 aliphatic carbocycles. The SMILES string of the molecule is COCc1ccc(C(=O)N2CCCC(Cc3nc4ccccc4[nH]3)C2)s1. The largest absolute Gasteiger partial charge is 0.379 e. The molecule has 1 aliphatic rings. The van der Waals surface area contributed by atoms with E-state index >= 15 is 0 Å². The van der Waals surface area contributed by atoms with Crippen molar-refractivity contribution in [3.63, 3.8) is 0 Å². The van der Waals surface area contributed by atoms with Gasteiger partial charge in [0, 0.05) is 31.5 Å². The number of piperidine rings is 1. The number of aromatic amines is 1. The minimum absolute atomic E-state index is 0.145. The highest BCUT2D eigenvalue weighted by molar-refractivity contribution is 7.14. The van der Waals surface area contributed by atoms with Crippen LogP contribution >= 0.6 is 11.3 Å². The van der Waals surface area contributed by atoms with Crippen molar-refractivity contribution in [1.82, 2.24) is 14.9 Å². The van der Waals surface area contributed by atoms with Crippen molar-refractivity contribution in [1.29, 1.82) is 0 Å². The van der Waals surface area contributed by atoms with E-state index in [-0.39, 0.29) is 5.91 Å². The van der Waals surface area contributed by atoms with Gasteiger partial charge in [-0.15, -0.1) is 11.3 Å². The Balaban J connectivity index is 1.42. The lowest BCUT2D eigenvalue weighted by Crippen LogP contribution is -2.40. The van der Waals surface area contributed by atoms with E-state index in [1.54, 1.807) is 7.11 Å². The number of H-pyrrole nitrogens is 1. The van der Waals surface area contributed by atoms with Gasteiger partial charge in [0.1, 0.15) is 5.82 Å². The average molecular weight is 369 g/mol.